The standard InChI is InChI=1S/C22H26O2/c1-19(12-7-13-21(3)16-9-17-23)10-5-6-11-20(2)14-8-15-22(4)18-24/h5-18H,1-4H3. The molecule has 0 aliphatic carbocycles. The lowest BCUT2D eigenvalue weighted by molar-refractivity contribution is -0.105. The first kappa shape index (κ1) is 21.3. The highest BCUT2D eigenvalue weighted by Gasteiger charge is 1.81. The maximum absolute atomic E-state index is 10.5. The topological polar surface area (TPSA) is 34.1 Å². The second-order valence-corrected chi connectivity index (χ2v) is 5.36. The molecule has 0 aromatic carbocycles. The number of rotatable bonds is 9. The predicted molar refractivity (Wildman–Crippen MR) is 104 cm³/mol. The van der Waals surface area contributed by atoms with Gasteiger partial charge in [0, 0.05) is 0 Å². The van der Waals surface area contributed by atoms with Crippen molar-refractivity contribution in [2.45, 2.75) is 27.7 Å². The molecule has 0 aliphatic rings. The summed E-state index contributed by atoms with van der Waals surface area (Å²) in [5, 5.41) is 0. The van der Waals surface area contributed by atoms with Gasteiger partial charge in [0.25, 0.3) is 0 Å². The minimum atomic E-state index is 0.700. The fourth-order valence-corrected chi connectivity index (χ4v) is 1.52. The first-order valence-corrected chi connectivity index (χ1v) is 7.78. The molecule has 2 heteroatoms. The summed E-state index contributed by atoms with van der Waals surface area (Å²) in [5.74, 6) is 0. The van der Waals surface area contributed by atoms with Crippen LogP contribution in [0.2, 0.25) is 0 Å². The summed E-state index contributed by atoms with van der Waals surface area (Å²) < 4.78 is 0. The Labute approximate surface area is 145 Å². The van der Waals surface area contributed by atoms with Gasteiger partial charge in [-0.3, -0.25) is 9.59 Å². The summed E-state index contributed by atoms with van der Waals surface area (Å²) in [6, 6.07) is 0. The van der Waals surface area contributed by atoms with Crippen LogP contribution in [0.25, 0.3) is 0 Å². The van der Waals surface area contributed by atoms with Gasteiger partial charge in [0.05, 0.1) is 0 Å². The molecule has 24 heavy (non-hydrogen) atoms. The molecule has 126 valence electrons. The molecule has 0 amide bonds. The summed E-state index contributed by atoms with van der Waals surface area (Å²) in [6.07, 6.45) is 24.3. The Morgan fingerprint density at radius 3 is 1.29 bits per heavy atom. The Balaban J connectivity index is 4.58. The van der Waals surface area contributed by atoms with E-state index in [0.717, 1.165) is 29.3 Å². The van der Waals surface area contributed by atoms with Gasteiger partial charge in [-0.2, -0.15) is 0 Å². The molecular weight excluding hydrogens is 296 g/mol. The molecule has 0 fully saturated rings. The summed E-state index contributed by atoms with van der Waals surface area (Å²) in [4.78, 5) is 20.7. The smallest absolute Gasteiger partial charge is 0.145 e. The molecule has 0 saturated heterocycles. The third kappa shape index (κ3) is 13.0. The molecule has 0 aromatic rings. The Morgan fingerprint density at radius 1 is 0.500 bits per heavy atom. The van der Waals surface area contributed by atoms with E-state index in [9.17, 15) is 9.59 Å². The predicted octanol–water partition coefficient (Wildman–Crippen LogP) is 5.39. The van der Waals surface area contributed by atoms with E-state index in [1.807, 2.05) is 75.5 Å². The molecule has 0 rings (SSSR count). The van der Waals surface area contributed by atoms with E-state index < -0.39 is 0 Å². The zero-order valence-corrected chi connectivity index (χ0v) is 14.9. The molecule has 0 atom stereocenters. The maximum atomic E-state index is 10.5. The normalized spacial score (nSPS) is 15.3. The van der Waals surface area contributed by atoms with Gasteiger partial charge < -0.3 is 0 Å². The number of carbonyl (C=O) groups excluding carboxylic acids is 2. The fourth-order valence-electron chi connectivity index (χ4n) is 1.52. The highest BCUT2D eigenvalue weighted by atomic mass is 16.1. The van der Waals surface area contributed by atoms with Crippen molar-refractivity contribution in [2.24, 2.45) is 0 Å². The third-order valence-corrected chi connectivity index (χ3v) is 2.89. The van der Waals surface area contributed by atoms with Gasteiger partial charge in [0.2, 0.25) is 0 Å². The highest BCUT2D eigenvalue weighted by molar-refractivity contribution is 5.72. The number of aldehydes is 2. The Bertz CT molecular complexity index is 645. The van der Waals surface area contributed by atoms with Crippen molar-refractivity contribution in [1.29, 1.82) is 0 Å². The molecule has 0 aliphatic heterocycles. The summed E-state index contributed by atoms with van der Waals surface area (Å²) in [5.41, 5.74) is 3.95. The van der Waals surface area contributed by atoms with Crippen LogP contribution in [0, 0.1) is 0 Å². The minimum absolute atomic E-state index is 0.700. The van der Waals surface area contributed by atoms with E-state index in [2.05, 4.69) is 0 Å². The zero-order chi connectivity index (χ0) is 18.2. The van der Waals surface area contributed by atoms with Gasteiger partial charge in [0.15, 0.2) is 0 Å². The molecule has 0 saturated carbocycles. The van der Waals surface area contributed by atoms with Crippen LogP contribution in [-0.2, 0) is 9.59 Å². The van der Waals surface area contributed by atoms with Gasteiger partial charge in [-0.05, 0) is 39.3 Å². The molecule has 0 spiro atoms. The number of hydrogen-bond acceptors (Lipinski definition) is 2. The Morgan fingerprint density at radius 2 is 0.875 bits per heavy atom. The molecule has 0 unspecified atom stereocenters. The molecule has 0 N–H and O–H groups in total. The van der Waals surface area contributed by atoms with Crippen molar-refractivity contribution in [3.63, 3.8) is 0 Å². The lowest BCUT2D eigenvalue weighted by Crippen LogP contribution is -1.73. The summed E-state index contributed by atoms with van der Waals surface area (Å²) in [6.45, 7) is 7.74. The minimum Gasteiger partial charge on any atom is -0.299 e. The molecular formula is C22H26O2. The van der Waals surface area contributed by atoms with E-state index in [-0.39, 0.29) is 0 Å². The summed E-state index contributed by atoms with van der Waals surface area (Å²) >= 11 is 0. The van der Waals surface area contributed by atoms with Crippen LogP contribution in [0.1, 0.15) is 27.7 Å². The quantitative estimate of drug-likeness (QED) is 0.324. The van der Waals surface area contributed by atoms with Crippen molar-refractivity contribution >= 4 is 12.6 Å². The second kappa shape index (κ2) is 13.9. The van der Waals surface area contributed by atoms with E-state index in [1.54, 1.807) is 19.1 Å². The number of carbonyl (C=O) groups is 2. The van der Waals surface area contributed by atoms with Crippen LogP contribution >= 0.6 is 0 Å². The monoisotopic (exact) mass is 322 g/mol. The van der Waals surface area contributed by atoms with Gasteiger partial charge >= 0.3 is 0 Å². The lowest BCUT2D eigenvalue weighted by atomic mass is 10.2. The molecule has 0 aromatic heterocycles. The van der Waals surface area contributed by atoms with Gasteiger partial charge in [-0.25, -0.2) is 0 Å². The van der Waals surface area contributed by atoms with Crippen molar-refractivity contribution in [3.8, 4) is 0 Å². The number of allylic oxidation sites excluding steroid dienone is 16. The van der Waals surface area contributed by atoms with Gasteiger partial charge in [-0.15, -0.1) is 0 Å². The van der Waals surface area contributed by atoms with Crippen LogP contribution in [-0.4, -0.2) is 12.6 Å². The average Bonchev–Trinajstić information content (AvgIpc) is 2.56. The maximum Gasteiger partial charge on any atom is 0.145 e. The lowest BCUT2D eigenvalue weighted by Gasteiger charge is -1.89. The summed E-state index contributed by atoms with van der Waals surface area (Å²) in [7, 11) is 0. The van der Waals surface area contributed by atoms with Crippen molar-refractivity contribution in [3.05, 3.63) is 95.2 Å². The van der Waals surface area contributed by atoms with Crippen LogP contribution in [0.15, 0.2) is 95.2 Å². The van der Waals surface area contributed by atoms with Crippen LogP contribution < -0.4 is 0 Å². The van der Waals surface area contributed by atoms with Crippen molar-refractivity contribution < 1.29 is 9.59 Å². The fraction of sp³-hybridized carbons (Fsp3) is 0.182. The average molecular weight is 322 g/mol. The second-order valence-electron chi connectivity index (χ2n) is 5.36. The van der Waals surface area contributed by atoms with Gasteiger partial charge in [-0.1, -0.05) is 83.6 Å². The van der Waals surface area contributed by atoms with E-state index in [4.69, 9.17) is 0 Å². The Hall–Kier alpha value is -2.74. The highest BCUT2D eigenvalue weighted by Crippen LogP contribution is 2.01. The first-order valence-electron chi connectivity index (χ1n) is 7.78. The van der Waals surface area contributed by atoms with E-state index >= 15 is 0 Å². The first-order chi connectivity index (χ1) is 11.5. The number of hydrogen-bond donors (Lipinski definition) is 0. The van der Waals surface area contributed by atoms with E-state index in [0.29, 0.717) is 5.57 Å². The van der Waals surface area contributed by atoms with Crippen LogP contribution in [0.4, 0.5) is 0 Å². The molecule has 0 heterocycles. The largest absolute Gasteiger partial charge is 0.299 e. The molecule has 0 radical (unpaired) electrons. The van der Waals surface area contributed by atoms with Crippen LogP contribution in [0.5, 0.6) is 0 Å². The van der Waals surface area contributed by atoms with Gasteiger partial charge in [0.1, 0.15) is 12.6 Å². The van der Waals surface area contributed by atoms with E-state index in [1.165, 1.54) is 6.08 Å². The van der Waals surface area contributed by atoms with Crippen LogP contribution in [0.3, 0.4) is 0 Å². The third-order valence-electron chi connectivity index (χ3n) is 2.89. The SMILES string of the molecule is CC(C=O)=CC=CC(C)=CC=CC=C(C)C=CC=C(C)C=CC=O. The molecule has 0 bridgehead atoms. The zero-order valence-electron chi connectivity index (χ0n) is 14.9. The van der Waals surface area contributed by atoms with Crippen molar-refractivity contribution in [1.82, 2.24) is 0 Å². The molecule has 2 nitrogen and oxygen atoms in total. The Kier molecular flexibility index (Phi) is 12.3. The van der Waals surface area contributed by atoms with Crippen molar-refractivity contribution in [2.75, 3.05) is 0 Å².